The summed E-state index contributed by atoms with van der Waals surface area (Å²) >= 11 is 11.5. The van der Waals surface area contributed by atoms with Crippen LogP contribution < -0.4 is 32.1 Å². The van der Waals surface area contributed by atoms with E-state index in [0.717, 1.165) is 0 Å². The molecule has 46 heavy (non-hydrogen) atoms. The topological polar surface area (TPSA) is 203 Å². The Balaban J connectivity index is 0.000000362. The molecule has 0 spiro atoms. The van der Waals surface area contributed by atoms with E-state index in [9.17, 15) is 20.4 Å². The van der Waals surface area contributed by atoms with Gasteiger partial charge in [-0.1, -0.05) is 79.3 Å². The average Bonchev–Trinajstić information content (AvgIpc) is 3.00. The molecule has 0 amide bonds. The summed E-state index contributed by atoms with van der Waals surface area (Å²) in [4.78, 5) is 0. The minimum atomic E-state index is -0.353. The Labute approximate surface area is 289 Å². The van der Waals surface area contributed by atoms with E-state index in [-0.39, 0.29) is 62.8 Å². The van der Waals surface area contributed by atoms with E-state index in [1.807, 2.05) is 0 Å². The predicted molar refractivity (Wildman–Crippen MR) is 176 cm³/mol. The van der Waals surface area contributed by atoms with E-state index in [4.69, 9.17) is 34.7 Å². The van der Waals surface area contributed by atoms with Gasteiger partial charge in [0.15, 0.2) is 0 Å². The summed E-state index contributed by atoms with van der Waals surface area (Å²) in [5.74, 6) is -1.06. The number of phenolic OH excluding ortho intramolecular Hbond substituents is 1. The number of azo groups is 2. The molecule has 0 fully saturated rings. The van der Waals surface area contributed by atoms with E-state index in [2.05, 4.69) is 39.6 Å². The van der Waals surface area contributed by atoms with Crippen LogP contribution in [0.2, 0.25) is 10.0 Å². The quantitative estimate of drug-likeness (QED) is 0.0557. The molecular weight excluding hydrogens is 673 g/mol. The first-order chi connectivity index (χ1) is 21.5. The standard InChI is InChI=1S/2C12H10ClN3O2.C8H19N.Fe/c2*13-7-1-4-11(17)10(5-7)16-15-9-3-2-8(14)6-12(9)18;1-3-5-7-9-8-6-4-2;/h2*1-6,17-18H,14H2;9H,3-8H2,1-2H3;/q;;;+3/p-3. The molecule has 0 aliphatic rings. The number of nitrogens with two attached hydrogens (primary N) is 2. The second-order valence-electron chi connectivity index (χ2n) is 9.56. The van der Waals surface area contributed by atoms with Gasteiger partial charge in [-0.25, -0.2) is 0 Å². The normalized spacial score (nSPS) is 10.5. The second-order valence-corrected chi connectivity index (χ2v) is 10.4. The van der Waals surface area contributed by atoms with Crippen molar-refractivity contribution in [3.63, 3.8) is 0 Å². The van der Waals surface area contributed by atoms with Gasteiger partial charge in [-0.05, 0) is 80.5 Å². The Morgan fingerprint density at radius 2 is 1.04 bits per heavy atom. The largest absolute Gasteiger partial charge is 3.00 e. The second kappa shape index (κ2) is 21.6. The molecule has 4 aromatic carbocycles. The van der Waals surface area contributed by atoms with E-state index in [1.54, 1.807) is 6.07 Å². The summed E-state index contributed by atoms with van der Waals surface area (Å²) in [5.41, 5.74) is 12.2. The zero-order chi connectivity index (χ0) is 33.2. The van der Waals surface area contributed by atoms with E-state index in [0.29, 0.717) is 21.4 Å². The SMILES string of the molecule is CCCCNCCCC.Nc1ccc(N=Nc2cc(Cl)ccc2[O-])c(O)c1.Nc1ccc(N=Nc2cc(Cl)ccc2[O-])c([O-])c1.[Fe+3]. The maximum absolute atomic E-state index is 11.5. The van der Waals surface area contributed by atoms with Crippen molar-refractivity contribution in [1.82, 2.24) is 5.32 Å². The first-order valence-corrected chi connectivity index (χ1v) is 14.9. The molecule has 4 aromatic rings. The number of unbranched alkanes of at least 4 members (excludes halogenated alkanes) is 2. The van der Waals surface area contributed by atoms with Crippen molar-refractivity contribution in [2.24, 2.45) is 20.5 Å². The molecule has 245 valence electrons. The number of hydrogen-bond acceptors (Lipinski definition) is 11. The fourth-order valence-electron chi connectivity index (χ4n) is 3.32. The predicted octanol–water partition coefficient (Wildman–Crippen LogP) is 7.78. The minimum absolute atomic E-state index is 0. The summed E-state index contributed by atoms with van der Waals surface area (Å²) in [7, 11) is 0. The third kappa shape index (κ3) is 14.8. The molecule has 0 aromatic heterocycles. The molecule has 0 heterocycles. The fraction of sp³-hybridized carbons (Fsp3) is 0.250. The number of rotatable bonds is 10. The van der Waals surface area contributed by atoms with Crippen LogP contribution >= 0.6 is 23.2 Å². The number of nitrogens with one attached hydrogen (secondary N) is 1. The van der Waals surface area contributed by atoms with Gasteiger partial charge in [0.2, 0.25) is 0 Å². The van der Waals surface area contributed by atoms with Crippen LogP contribution in [0.5, 0.6) is 23.0 Å². The number of anilines is 2. The van der Waals surface area contributed by atoms with Crippen LogP contribution in [0.25, 0.3) is 0 Å². The summed E-state index contributed by atoms with van der Waals surface area (Å²) < 4.78 is 0. The Kier molecular flexibility index (Phi) is 18.8. The van der Waals surface area contributed by atoms with Crippen LogP contribution in [0.15, 0.2) is 93.3 Å². The zero-order valence-electron chi connectivity index (χ0n) is 25.4. The molecule has 6 N–H and O–H groups in total. The molecule has 1 radical (unpaired) electrons. The molecule has 0 saturated carbocycles. The van der Waals surface area contributed by atoms with Gasteiger partial charge >= 0.3 is 17.1 Å². The molecule has 0 atom stereocenters. The zero-order valence-corrected chi connectivity index (χ0v) is 28.0. The van der Waals surface area contributed by atoms with E-state index < -0.39 is 0 Å². The van der Waals surface area contributed by atoms with Gasteiger partial charge in [-0.15, -0.1) is 5.11 Å². The maximum atomic E-state index is 11.5. The monoisotopic (exact) mass is 708 g/mol. The van der Waals surface area contributed by atoms with Gasteiger partial charge in [0, 0.05) is 27.5 Å². The minimum Gasteiger partial charge on any atom is -0.871 e. The van der Waals surface area contributed by atoms with Crippen molar-refractivity contribution in [2.45, 2.75) is 39.5 Å². The molecule has 0 saturated heterocycles. The Morgan fingerprint density at radius 1 is 0.609 bits per heavy atom. The molecule has 0 aliphatic carbocycles. The number of benzene rings is 4. The molecule has 0 bridgehead atoms. The maximum Gasteiger partial charge on any atom is 3.00 e. The van der Waals surface area contributed by atoms with Crippen LogP contribution in [-0.4, -0.2) is 18.2 Å². The molecular formula is C32H36Cl2FeN7O4. The summed E-state index contributed by atoms with van der Waals surface area (Å²) in [5, 5.41) is 63.0. The summed E-state index contributed by atoms with van der Waals surface area (Å²) in [6, 6.07) is 17.0. The molecule has 0 unspecified atom stereocenters. The third-order valence-corrected chi connectivity index (χ3v) is 6.24. The fourth-order valence-corrected chi connectivity index (χ4v) is 3.65. The third-order valence-electron chi connectivity index (χ3n) is 5.77. The van der Waals surface area contributed by atoms with Crippen LogP contribution in [0, 0.1) is 0 Å². The van der Waals surface area contributed by atoms with Crippen molar-refractivity contribution in [2.75, 3.05) is 24.6 Å². The number of hydrogen-bond donors (Lipinski definition) is 4. The first kappa shape index (κ1) is 40.0. The number of nitrogen functional groups attached to an aromatic ring is 2. The van der Waals surface area contributed by atoms with Crippen molar-refractivity contribution in [3.8, 4) is 23.0 Å². The number of nitrogens with zero attached hydrogens (tertiary/aromatic N) is 4. The van der Waals surface area contributed by atoms with E-state index >= 15 is 0 Å². The van der Waals surface area contributed by atoms with Crippen molar-refractivity contribution in [3.05, 3.63) is 82.8 Å². The number of halogens is 2. The van der Waals surface area contributed by atoms with Gasteiger partial charge in [0.1, 0.15) is 11.4 Å². The van der Waals surface area contributed by atoms with Crippen molar-refractivity contribution >= 4 is 57.3 Å². The van der Waals surface area contributed by atoms with Gasteiger partial charge in [-0.2, -0.15) is 15.3 Å². The van der Waals surface area contributed by atoms with Crippen molar-refractivity contribution < 1.29 is 37.5 Å². The molecule has 11 nitrogen and oxygen atoms in total. The summed E-state index contributed by atoms with van der Waals surface area (Å²) in [6.07, 6.45) is 5.26. The smallest absolute Gasteiger partial charge is 0.871 e. The van der Waals surface area contributed by atoms with Gasteiger partial charge < -0.3 is 37.2 Å². The van der Waals surface area contributed by atoms with Gasteiger partial charge in [0.05, 0.1) is 17.1 Å². The van der Waals surface area contributed by atoms with Crippen LogP contribution in [-0.2, 0) is 17.1 Å². The van der Waals surface area contributed by atoms with Gasteiger partial charge in [0.25, 0.3) is 0 Å². The average molecular weight is 709 g/mol. The first-order valence-electron chi connectivity index (χ1n) is 14.2. The van der Waals surface area contributed by atoms with Gasteiger partial charge in [-0.3, -0.25) is 0 Å². The molecule has 4 rings (SSSR count). The number of aromatic hydroxyl groups is 1. The number of phenols is 1. The van der Waals surface area contributed by atoms with Crippen molar-refractivity contribution in [1.29, 1.82) is 0 Å². The molecule has 0 aliphatic heterocycles. The Hall–Kier alpha value is -4.06. The van der Waals surface area contributed by atoms with Crippen LogP contribution in [0.3, 0.4) is 0 Å². The Bertz CT molecular complexity index is 1460. The Morgan fingerprint density at radius 3 is 1.50 bits per heavy atom. The van der Waals surface area contributed by atoms with Crippen LogP contribution in [0.4, 0.5) is 34.1 Å². The molecule has 14 heteroatoms. The van der Waals surface area contributed by atoms with E-state index in [1.165, 1.54) is 106 Å². The van der Waals surface area contributed by atoms with Crippen LogP contribution in [0.1, 0.15) is 39.5 Å². The summed E-state index contributed by atoms with van der Waals surface area (Å²) in [6.45, 7) is 6.86.